The number of hydrogen-bond donors (Lipinski definition) is 2. The van der Waals surface area contributed by atoms with Crippen LogP contribution in [0.1, 0.15) is 11.1 Å². The van der Waals surface area contributed by atoms with Crippen LogP contribution in [-0.2, 0) is 0 Å². The highest BCUT2D eigenvalue weighted by atomic mass is 32.1. The summed E-state index contributed by atoms with van der Waals surface area (Å²) in [4.78, 5) is 4.21. The van der Waals surface area contributed by atoms with Gasteiger partial charge in [0.1, 0.15) is 22.3 Å². The van der Waals surface area contributed by atoms with E-state index >= 15 is 0 Å². The number of aromatic nitrogens is 1. The fourth-order valence-electron chi connectivity index (χ4n) is 1.51. The number of halogens is 2. The van der Waals surface area contributed by atoms with Crippen LogP contribution in [0.3, 0.4) is 0 Å². The van der Waals surface area contributed by atoms with Crippen molar-refractivity contribution >= 4 is 28.7 Å². The van der Waals surface area contributed by atoms with Crippen LogP contribution in [0.25, 0.3) is 0 Å². The van der Waals surface area contributed by atoms with E-state index < -0.39 is 11.6 Å². The molecule has 0 fully saturated rings. The van der Waals surface area contributed by atoms with E-state index in [1.54, 1.807) is 19.1 Å². The lowest BCUT2D eigenvalue weighted by molar-refractivity contribution is 0.584. The normalized spacial score (nSPS) is 10.3. The first-order valence-corrected chi connectivity index (χ1v) is 5.87. The number of thiocarbonyl (C=S) groups is 1. The first-order valence-electron chi connectivity index (χ1n) is 5.46. The number of aryl methyl sites for hydroxylation is 1. The van der Waals surface area contributed by atoms with E-state index in [1.165, 1.54) is 18.3 Å². The smallest absolute Gasteiger partial charge is 0.152 e. The Morgan fingerprint density at radius 1 is 1.26 bits per heavy atom. The van der Waals surface area contributed by atoms with E-state index in [-0.39, 0.29) is 10.7 Å². The summed E-state index contributed by atoms with van der Waals surface area (Å²) in [6.45, 7) is 1.56. The Morgan fingerprint density at radius 3 is 2.58 bits per heavy atom. The maximum Gasteiger partial charge on any atom is 0.152 e. The third kappa shape index (κ3) is 2.85. The number of anilines is 2. The molecule has 0 atom stereocenters. The second-order valence-corrected chi connectivity index (χ2v) is 4.41. The standard InChI is InChI=1S/C13H11F2N3S/c1-7-2-4-9(14)12(11(7)15)18-10-5-3-8(6-17-10)13(16)19/h2-6H,1H3,(H2,16,19)(H,17,18). The Morgan fingerprint density at radius 2 is 2.00 bits per heavy atom. The largest absolute Gasteiger partial charge is 0.389 e. The van der Waals surface area contributed by atoms with Crippen LogP contribution < -0.4 is 11.1 Å². The van der Waals surface area contributed by atoms with Gasteiger partial charge in [-0.05, 0) is 30.7 Å². The maximum atomic E-state index is 13.8. The first-order chi connectivity index (χ1) is 8.99. The maximum absolute atomic E-state index is 13.8. The molecule has 0 aliphatic rings. The number of nitrogens with zero attached hydrogens (tertiary/aromatic N) is 1. The van der Waals surface area contributed by atoms with E-state index in [0.29, 0.717) is 16.9 Å². The molecule has 1 aromatic carbocycles. The zero-order valence-corrected chi connectivity index (χ0v) is 10.9. The number of nitrogens with two attached hydrogens (primary N) is 1. The molecular weight excluding hydrogens is 268 g/mol. The molecule has 2 aromatic rings. The molecule has 0 radical (unpaired) electrons. The zero-order chi connectivity index (χ0) is 14.0. The molecule has 3 N–H and O–H groups in total. The molecular formula is C13H11F2N3S. The quantitative estimate of drug-likeness (QED) is 0.848. The van der Waals surface area contributed by atoms with Gasteiger partial charge in [0.25, 0.3) is 0 Å². The van der Waals surface area contributed by atoms with Crippen LogP contribution in [0.2, 0.25) is 0 Å². The van der Waals surface area contributed by atoms with Crippen LogP contribution in [0.15, 0.2) is 30.5 Å². The van der Waals surface area contributed by atoms with Crippen molar-refractivity contribution in [2.45, 2.75) is 6.92 Å². The van der Waals surface area contributed by atoms with Crippen molar-refractivity contribution in [1.29, 1.82) is 0 Å². The molecule has 0 aliphatic carbocycles. The lowest BCUT2D eigenvalue weighted by atomic mass is 10.2. The molecule has 0 amide bonds. The van der Waals surface area contributed by atoms with Gasteiger partial charge in [-0.25, -0.2) is 13.8 Å². The fraction of sp³-hybridized carbons (Fsp3) is 0.0769. The average molecular weight is 279 g/mol. The van der Waals surface area contributed by atoms with E-state index in [2.05, 4.69) is 10.3 Å². The Kier molecular flexibility index (Phi) is 3.71. The van der Waals surface area contributed by atoms with Crippen LogP contribution in [0.4, 0.5) is 20.3 Å². The number of benzene rings is 1. The molecule has 0 saturated heterocycles. The summed E-state index contributed by atoms with van der Waals surface area (Å²) in [6.07, 6.45) is 1.44. The number of pyridine rings is 1. The lowest BCUT2D eigenvalue weighted by Gasteiger charge is -2.10. The molecule has 1 heterocycles. The summed E-state index contributed by atoms with van der Waals surface area (Å²) >= 11 is 4.79. The van der Waals surface area contributed by atoms with Crippen LogP contribution in [0, 0.1) is 18.6 Å². The Bertz CT molecular complexity index is 627. The molecule has 6 heteroatoms. The van der Waals surface area contributed by atoms with E-state index in [9.17, 15) is 8.78 Å². The van der Waals surface area contributed by atoms with Gasteiger partial charge in [-0.15, -0.1) is 0 Å². The molecule has 0 saturated carbocycles. The van der Waals surface area contributed by atoms with Gasteiger partial charge in [-0.3, -0.25) is 0 Å². The van der Waals surface area contributed by atoms with Crippen LogP contribution in [-0.4, -0.2) is 9.97 Å². The van der Waals surface area contributed by atoms with Gasteiger partial charge in [0, 0.05) is 11.8 Å². The van der Waals surface area contributed by atoms with Crippen molar-refractivity contribution in [3.63, 3.8) is 0 Å². The highest BCUT2D eigenvalue weighted by Gasteiger charge is 2.12. The minimum atomic E-state index is -0.677. The van der Waals surface area contributed by atoms with Gasteiger partial charge in [-0.1, -0.05) is 18.3 Å². The van der Waals surface area contributed by atoms with Gasteiger partial charge >= 0.3 is 0 Å². The van der Waals surface area contributed by atoms with E-state index in [4.69, 9.17) is 18.0 Å². The Hall–Kier alpha value is -2.08. The topological polar surface area (TPSA) is 50.9 Å². The minimum absolute atomic E-state index is 0.215. The lowest BCUT2D eigenvalue weighted by Crippen LogP contribution is -2.10. The van der Waals surface area contributed by atoms with Crippen LogP contribution >= 0.6 is 12.2 Å². The third-order valence-corrected chi connectivity index (χ3v) is 2.82. The van der Waals surface area contributed by atoms with Gasteiger partial charge in [0.05, 0.1) is 0 Å². The third-order valence-electron chi connectivity index (χ3n) is 2.59. The molecule has 19 heavy (non-hydrogen) atoms. The highest BCUT2D eigenvalue weighted by Crippen LogP contribution is 2.24. The molecule has 1 aromatic heterocycles. The second kappa shape index (κ2) is 5.27. The predicted molar refractivity (Wildman–Crippen MR) is 74.5 cm³/mol. The van der Waals surface area contributed by atoms with Gasteiger partial charge in [-0.2, -0.15) is 0 Å². The van der Waals surface area contributed by atoms with Crippen molar-refractivity contribution in [2.75, 3.05) is 5.32 Å². The van der Waals surface area contributed by atoms with Crippen molar-refractivity contribution < 1.29 is 8.78 Å². The summed E-state index contributed by atoms with van der Waals surface area (Å²) in [7, 11) is 0. The number of rotatable bonds is 3. The Balaban J connectivity index is 2.31. The number of nitrogens with one attached hydrogen (secondary N) is 1. The molecule has 0 unspecified atom stereocenters. The summed E-state index contributed by atoms with van der Waals surface area (Å²) in [5.41, 5.74) is 6.15. The molecule has 0 bridgehead atoms. The van der Waals surface area contributed by atoms with E-state index in [1.807, 2.05) is 0 Å². The van der Waals surface area contributed by atoms with Gasteiger partial charge in [0.2, 0.25) is 0 Å². The molecule has 98 valence electrons. The summed E-state index contributed by atoms with van der Waals surface area (Å²) < 4.78 is 27.3. The fourth-order valence-corrected chi connectivity index (χ4v) is 1.63. The summed E-state index contributed by atoms with van der Waals surface area (Å²) in [5, 5.41) is 2.60. The predicted octanol–water partition coefficient (Wildman–Crippen LogP) is 3.05. The van der Waals surface area contributed by atoms with E-state index in [0.717, 1.165) is 0 Å². The average Bonchev–Trinajstić information content (AvgIpc) is 2.40. The second-order valence-electron chi connectivity index (χ2n) is 3.97. The van der Waals surface area contributed by atoms with Crippen molar-refractivity contribution in [1.82, 2.24) is 4.98 Å². The highest BCUT2D eigenvalue weighted by molar-refractivity contribution is 7.80. The minimum Gasteiger partial charge on any atom is -0.389 e. The number of hydrogen-bond acceptors (Lipinski definition) is 3. The Labute approximate surface area is 114 Å². The molecule has 2 rings (SSSR count). The van der Waals surface area contributed by atoms with Crippen molar-refractivity contribution in [2.24, 2.45) is 5.73 Å². The van der Waals surface area contributed by atoms with Crippen molar-refractivity contribution in [3.8, 4) is 0 Å². The van der Waals surface area contributed by atoms with Crippen molar-refractivity contribution in [3.05, 3.63) is 53.2 Å². The van der Waals surface area contributed by atoms with Gasteiger partial charge in [0.15, 0.2) is 5.82 Å². The van der Waals surface area contributed by atoms with Crippen LogP contribution in [0.5, 0.6) is 0 Å². The monoisotopic (exact) mass is 279 g/mol. The molecule has 0 spiro atoms. The SMILES string of the molecule is Cc1ccc(F)c(Nc2ccc(C(N)=S)cn2)c1F. The molecule has 3 nitrogen and oxygen atoms in total. The molecule has 0 aliphatic heterocycles. The summed E-state index contributed by atoms with van der Waals surface area (Å²) in [6, 6.07) is 5.75. The first kappa shape index (κ1) is 13.4. The summed E-state index contributed by atoms with van der Waals surface area (Å²) in [5.74, 6) is -1.01. The van der Waals surface area contributed by atoms with Gasteiger partial charge < -0.3 is 11.1 Å². The zero-order valence-electron chi connectivity index (χ0n) is 10.1.